The highest BCUT2D eigenvalue weighted by molar-refractivity contribution is 5.82. The molecule has 6 heteroatoms. The summed E-state index contributed by atoms with van der Waals surface area (Å²) in [6.07, 6.45) is -4.94. The lowest BCUT2D eigenvalue weighted by molar-refractivity contribution is -0.174. The third-order valence-electron chi connectivity index (χ3n) is 3.02. The van der Waals surface area contributed by atoms with Crippen LogP contribution in [0, 0.1) is 0 Å². The molecule has 0 aliphatic heterocycles. The molecule has 1 aromatic rings. The van der Waals surface area contributed by atoms with Gasteiger partial charge >= 0.3 is 12.1 Å². The fourth-order valence-electron chi connectivity index (χ4n) is 2.16. The van der Waals surface area contributed by atoms with E-state index in [1.807, 2.05) is 5.32 Å². The Morgan fingerprint density at radius 1 is 1.22 bits per heavy atom. The van der Waals surface area contributed by atoms with Gasteiger partial charge in [-0.2, -0.15) is 13.2 Å². The second-order valence-corrected chi connectivity index (χ2v) is 4.25. The molecule has 0 aromatic heterocycles. The van der Waals surface area contributed by atoms with Gasteiger partial charge in [-0.25, -0.2) is 0 Å². The van der Waals surface area contributed by atoms with Crippen molar-refractivity contribution in [2.24, 2.45) is 0 Å². The van der Waals surface area contributed by atoms with Crippen LogP contribution in [0.5, 0.6) is 0 Å². The van der Waals surface area contributed by atoms with Crippen LogP contribution >= 0.6 is 0 Å². The van der Waals surface area contributed by atoms with Crippen molar-refractivity contribution in [3.05, 3.63) is 35.4 Å². The molecule has 0 spiro atoms. The van der Waals surface area contributed by atoms with Gasteiger partial charge in [-0.1, -0.05) is 24.3 Å². The van der Waals surface area contributed by atoms with Crippen LogP contribution in [0.25, 0.3) is 0 Å². The van der Waals surface area contributed by atoms with Crippen molar-refractivity contribution < 1.29 is 23.1 Å². The van der Waals surface area contributed by atoms with Crippen LogP contribution in [0.3, 0.4) is 0 Å². The van der Waals surface area contributed by atoms with Gasteiger partial charge in [0.05, 0.1) is 12.1 Å². The summed E-state index contributed by atoms with van der Waals surface area (Å²) in [6, 6.07) is 5.96. The summed E-state index contributed by atoms with van der Waals surface area (Å²) in [6.45, 7) is 0. The topological polar surface area (TPSA) is 49.3 Å². The maximum absolute atomic E-state index is 12.2. The van der Waals surface area contributed by atoms with Crippen molar-refractivity contribution in [2.45, 2.75) is 31.2 Å². The lowest BCUT2D eigenvalue weighted by atomic mass is 9.86. The average Bonchev–Trinajstić information content (AvgIpc) is 2.32. The maximum atomic E-state index is 12.2. The molecule has 0 fully saturated rings. The highest BCUT2D eigenvalue weighted by Crippen LogP contribution is 2.36. The van der Waals surface area contributed by atoms with Crippen LogP contribution < -0.4 is 5.32 Å². The number of hydrogen-bond donors (Lipinski definition) is 2. The normalized spacial score (nSPS) is 23.3. The second kappa shape index (κ2) is 4.61. The molecular formula is C12H12F3NO2. The molecule has 2 N–H and O–H groups in total. The first-order valence-corrected chi connectivity index (χ1v) is 5.54. The summed E-state index contributed by atoms with van der Waals surface area (Å²) in [5.74, 6) is -1.95. The summed E-state index contributed by atoms with van der Waals surface area (Å²) in [5.41, 5.74) is 1.13. The number of aliphatic hydroxyl groups excluding tert-OH is 1. The number of fused-ring (bicyclic) bond motifs is 1. The van der Waals surface area contributed by atoms with Gasteiger partial charge in [-0.3, -0.25) is 4.79 Å². The number of hydrogen-bond acceptors (Lipinski definition) is 2. The summed E-state index contributed by atoms with van der Waals surface area (Å²) in [7, 11) is 0. The first kappa shape index (κ1) is 12.9. The molecule has 0 heterocycles. The molecule has 0 saturated carbocycles. The number of carbonyl (C=O) groups excluding carboxylic acids is 1. The molecule has 3 nitrogen and oxygen atoms in total. The van der Waals surface area contributed by atoms with Gasteiger partial charge in [0.25, 0.3) is 0 Å². The Morgan fingerprint density at radius 2 is 1.83 bits per heavy atom. The maximum Gasteiger partial charge on any atom is 0.471 e. The molecule has 98 valence electrons. The minimum Gasteiger partial charge on any atom is -0.388 e. The first-order valence-electron chi connectivity index (χ1n) is 5.54. The van der Waals surface area contributed by atoms with E-state index in [-0.39, 0.29) is 0 Å². The number of rotatable bonds is 1. The SMILES string of the molecule is O=C(N[C@@H]1CC[C@@H](O)c2ccccc21)C(F)(F)F. The van der Waals surface area contributed by atoms with Crippen LogP contribution in [0.1, 0.15) is 36.1 Å². The van der Waals surface area contributed by atoms with E-state index in [9.17, 15) is 23.1 Å². The monoisotopic (exact) mass is 259 g/mol. The van der Waals surface area contributed by atoms with Crippen LogP contribution in [-0.2, 0) is 4.79 Å². The molecule has 0 saturated heterocycles. The van der Waals surface area contributed by atoms with Crippen LogP contribution in [-0.4, -0.2) is 17.2 Å². The van der Waals surface area contributed by atoms with Crippen LogP contribution in [0.15, 0.2) is 24.3 Å². The Morgan fingerprint density at radius 3 is 2.44 bits per heavy atom. The molecule has 1 aliphatic carbocycles. The fraction of sp³-hybridized carbons (Fsp3) is 0.417. The third kappa shape index (κ3) is 2.48. The quantitative estimate of drug-likeness (QED) is 0.812. The predicted octanol–water partition coefficient (Wildman–Crippen LogP) is 2.23. The Balaban J connectivity index is 2.22. The Bertz CT molecular complexity index is 459. The number of halogens is 3. The van der Waals surface area contributed by atoms with Gasteiger partial charge in [0.15, 0.2) is 0 Å². The standard InChI is InChI=1S/C12H12F3NO2/c13-12(14,15)11(18)16-9-5-6-10(17)8-4-2-1-3-7(8)9/h1-4,9-10,17H,5-6H2,(H,16,18)/t9-,10-/m1/s1. The van der Waals surface area contributed by atoms with Gasteiger partial charge in [0.1, 0.15) is 0 Å². The smallest absolute Gasteiger partial charge is 0.388 e. The summed E-state index contributed by atoms with van der Waals surface area (Å²) >= 11 is 0. The number of benzene rings is 1. The van der Waals surface area contributed by atoms with E-state index in [2.05, 4.69) is 0 Å². The highest BCUT2D eigenvalue weighted by Gasteiger charge is 2.40. The molecule has 0 radical (unpaired) electrons. The molecule has 18 heavy (non-hydrogen) atoms. The van der Waals surface area contributed by atoms with Gasteiger partial charge in [0, 0.05) is 0 Å². The van der Waals surface area contributed by atoms with Gasteiger partial charge in [-0.15, -0.1) is 0 Å². The largest absolute Gasteiger partial charge is 0.471 e. The Hall–Kier alpha value is -1.56. The minimum atomic E-state index is -4.88. The molecule has 0 unspecified atom stereocenters. The number of alkyl halides is 3. The molecule has 1 amide bonds. The van der Waals surface area contributed by atoms with E-state index < -0.39 is 24.2 Å². The minimum absolute atomic E-state index is 0.292. The van der Waals surface area contributed by atoms with Crippen molar-refractivity contribution >= 4 is 5.91 Å². The van der Waals surface area contributed by atoms with E-state index in [4.69, 9.17) is 0 Å². The zero-order valence-electron chi connectivity index (χ0n) is 9.37. The molecule has 2 atom stereocenters. The number of amides is 1. The van der Waals surface area contributed by atoms with E-state index in [1.165, 1.54) is 0 Å². The van der Waals surface area contributed by atoms with Crippen molar-refractivity contribution in [1.29, 1.82) is 0 Å². The third-order valence-corrected chi connectivity index (χ3v) is 3.02. The van der Waals surface area contributed by atoms with E-state index >= 15 is 0 Å². The van der Waals surface area contributed by atoms with Gasteiger partial charge < -0.3 is 10.4 Å². The Labute approximate surface area is 102 Å². The lowest BCUT2D eigenvalue weighted by Crippen LogP contribution is -2.40. The number of aliphatic hydroxyl groups is 1. The fourth-order valence-corrected chi connectivity index (χ4v) is 2.16. The van der Waals surface area contributed by atoms with E-state index in [0.717, 1.165) is 0 Å². The van der Waals surface area contributed by atoms with Crippen LogP contribution in [0.2, 0.25) is 0 Å². The average molecular weight is 259 g/mol. The number of nitrogens with one attached hydrogen (secondary N) is 1. The van der Waals surface area contributed by atoms with Crippen molar-refractivity contribution in [2.75, 3.05) is 0 Å². The summed E-state index contributed by atoms with van der Waals surface area (Å²) in [4.78, 5) is 10.9. The van der Waals surface area contributed by atoms with Gasteiger partial charge in [-0.05, 0) is 24.0 Å². The molecule has 2 rings (SSSR count). The molecule has 1 aliphatic rings. The van der Waals surface area contributed by atoms with E-state index in [1.54, 1.807) is 24.3 Å². The summed E-state index contributed by atoms with van der Waals surface area (Å²) in [5, 5.41) is 11.7. The van der Waals surface area contributed by atoms with Crippen molar-refractivity contribution in [1.82, 2.24) is 5.32 Å². The highest BCUT2D eigenvalue weighted by atomic mass is 19.4. The van der Waals surface area contributed by atoms with Crippen molar-refractivity contribution in [3.8, 4) is 0 Å². The van der Waals surface area contributed by atoms with Crippen LogP contribution in [0.4, 0.5) is 13.2 Å². The predicted molar refractivity (Wildman–Crippen MR) is 57.6 cm³/mol. The molecular weight excluding hydrogens is 247 g/mol. The molecule has 0 bridgehead atoms. The lowest BCUT2D eigenvalue weighted by Gasteiger charge is -2.29. The number of carbonyl (C=O) groups is 1. The van der Waals surface area contributed by atoms with E-state index in [0.29, 0.717) is 24.0 Å². The zero-order valence-corrected chi connectivity index (χ0v) is 9.37. The van der Waals surface area contributed by atoms with Gasteiger partial charge in [0.2, 0.25) is 0 Å². The second-order valence-electron chi connectivity index (χ2n) is 4.25. The zero-order chi connectivity index (χ0) is 13.3. The Kier molecular flexibility index (Phi) is 3.30. The van der Waals surface area contributed by atoms with Crippen molar-refractivity contribution in [3.63, 3.8) is 0 Å². The molecule has 1 aromatic carbocycles. The first-order chi connectivity index (χ1) is 8.39. The summed E-state index contributed by atoms with van der Waals surface area (Å²) < 4.78 is 36.6.